The summed E-state index contributed by atoms with van der Waals surface area (Å²) < 4.78 is 15.9. The molecule has 116 valence electrons. The molecule has 3 heterocycles. The highest BCUT2D eigenvalue weighted by atomic mass is 16.5. The number of ether oxygens (including phenoxy) is 2. The summed E-state index contributed by atoms with van der Waals surface area (Å²) in [7, 11) is 3.61. The third-order valence-electron chi connectivity index (χ3n) is 4.24. The summed E-state index contributed by atoms with van der Waals surface area (Å²) >= 11 is 0. The lowest BCUT2D eigenvalue weighted by molar-refractivity contribution is -0.0180. The molecule has 0 aromatic carbocycles. The second-order valence-electron chi connectivity index (χ2n) is 5.70. The fraction of sp³-hybridized carbons (Fsp3) is 0.714. The van der Waals surface area contributed by atoms with Crippen molar-refractivity contribution in [3.8, 4) is 5.88 Å². The molecule has 0 N–H and O–H groups in total. The van der Waals surface area contributed by atoms with Crippen LogP contribution >= 0.6 is 0 Å². The Morgan fingerprint density at radius 2 is 2.29 bits per heavy atom. The van der Waals surface area contributed by atoms with Crippen LogP contribution in [0.25, 0.3) is 0 Å². The molecule has 0 unspecified atom stereocenters. The number of rotatable bonds is 2. The summed E-state index contributed by atoms with van der Waals surface area (Å²) in [6.07, 6.45) is 1.06. The number of amides is 1. The Hall–Kier alpha value is -1.60. The van der Waals surface area contributed by atoms with Crippen LogP contribution in [0.15, 0.2) is 10.6 Å². The molecular weight excluding hydrogens is 274 g/mol. The maximum atomic E-state index is 12.4. The van der Waals surface area contributed by atoms with Crippen LogP contribution in [0.1, 0.15) is 17.0 Å². The molecule has 0 spiro atoms. The normalized spacial score (nSPS) is 27.0. The number of nitrogens with zero attached hydrogens (tertiary/aromatic N) is 3. The number of piperidine rings is 1. The molecule has 7 heteroatoms. The summed E-state index contributed by atoms with van der Waals surface area (Å²) in [6, 6.07) is 1.52. The minimum absolute atomic E-state index is 0.109. The van der Waals surface area contributed by atoms with E-state index in [9.17, 15) is 4.79 Å². The van der Waals surface area contributed by atoms with Gasteiger partial charge in [-0.1, -0.05) is 0 Å². The molecule has 0 aliphatic carbocycles. The zero-order chi connectivity index (χ0) is 14.8. The molecular formula is C14H21N3O4. The third kappa shape index (κ3) is 3.03. The first-order chi connectivity index (χ1) is 10.2. The Kier molecular flexibility index (Phi) is 4.12. The average Bonchev–Trinajstić information content (AvgIpc) is 2.89. The van der Waals surface area contributed by atoms with Crippen LogP contribution < -0.4 is 4.74 Å². The van der Waals surface area contributed by atoms with Gasteiger partial charge in [0.05, 0.1) is 25.9 Å². The van der Waals surface area contributed by atoms with Crippen LogP contribution in [0, 0.1) is 5.92 Å². The van der Waals surface area contributed by atoms with Gasteiger partial charge in [0, 0.05) is 32.1 Å². The highest BCUT2D eigenvalue weighted by molar-refractivity contribution is 5.91. The van der Waals surface area contributed by atoms with Crippen molar-refractivity contribution in [1.82, 2.24) is 15.0 Å². The van der Waals surface area contributed by atoms with Gasteiger partial charge >= 0.3 is 0 Å². The van der Waals surface area contributed by atoms with Gasteiger partial charge in [0.15, 0.2) is 0 Å². The Bertz CT molecular complexity index is 504. The van der Waals surface area contributed by atoms with E-state index >= 15 is 0 Å². The molecule has 2 atom stereocenters. The Morgan fingerprint density at radius 1 is 1.43 bits per heavy atom. The van der Waals surface area contributed by atoms with Crippen molar-refractivity contribution >= 4 is 5.91 Å². The number of hydrogen-bond acceptors (Lipinski definition) is 6. The lowest BCUT2D eigenvalue weighted by atomic mass is 9.93. The number of aromatic nitrogens is 1. The maximum absolute atomic E-state index is 12.4. The zero-order valence-electron chi connectivity index (χ0n) is 12.4. The molecule has 0 saturated carbocycles. The molecule has 21 heavy (non-hydrogen) atoms. The average molecular weight is 295 g/mol. The van der Waals surface area contributed by atoms with Gasteiger partial charge in [-0.2, -0.15) is 0 Å². The summed E-state index contributed by atoms with van der Waals surface area (Å²) in [6.45, 7) is 4.03. The van der Waals surface area contributed by atoms with Gasteiger partial charge in [0.25, 0.3) is 11.8 Å². The van der Waals surface area contributed by atoms with Gasteiger partial charge < -0.3 is 23.8 Å². The van der Waals surface area contributed by atoms with Crippen LogP contribution in [0.2, 0.25) is 0 Å². The molecule has 2 saturated heterocycles. The Morgan fingerprint density at radius 3 is 3.05 bits per heavy atom. The number of methoxy groups -OCH3 is 1. The number of carbonyl (C=O) groups excluding carboxylic acids is 1. The van der Waals surface area contributed by atoms with E-state index in [0.717, 1.165) is 32.7 Å². The number of fused-ring (bicyclic) bond motifs is 1. The molecule has 1 aromatic heterocycles. The predicted octanol–water partition coefficient (Wildman–Crippen LogP) is 0.476. The molecule has 3 rings (SSSR count). The van der Waals surface area contributed by atoms with E-state index in [1.807, 2.05) is 0 Å². The second-order valence-corrected chi connectivity index (χ2v) is 5.70. The van der Waals surface area contributed by atoms with Gasteiger partial charge in [-0.3, -0.25) is 4.79 Å². The number of carbonyl (C=O) groups is 1. The van der Waals surface area contributed by atoms with E-state index in [4.69, 9.17) is 14.0 Å². The first kappa shape index (κ1) is 14.3. The molecule has 2 aliphatic heterocycles. The SMILES string of the molecule is COc1cc(C(=O)N2CC[C@@H]3CN(C)CCO[C@@H]3C2)on1. The fourth-order valence-corrected chi connectivity index (χ4v) is 3.01. The van der Waals surface area contributed by atoms with Gasteiger partial charge in [0.1, 0.15) is 0 Å². The van der Waals surface area contributed by atoms with Crippen molar-refractivity contribution < 1.29 is 18.8 Å². The van der Waals surface area contributed by atoms with E-state index in [2.05, 4.69) is 17.1 Å². The number of likely N-dealkylation sites (N-methyl/N-ethyl adjacent to an activating group) is 1. The highest BCUT2D eigenvalue weighted by Gasteiger charge is 2.35. The van der Waals surface area contributed by atoms with E-state index in [1.54, 1.807) is 4.90 Å². The van der Waals surface area contributed by atoms with Gasteiger partial charge in [0.2, 0.25) is 5.76 Å². The summed E-state index contributed by atoms with van der Waals surface area (Å²) in [4.78, 5) is 16.5. The molecule has 2 aliphatic rings. The van der Waals surface area contributed by atoms with Crippen LogP contribution in [-0.2, 0) is 4.74 Å². The first-order valence-electron chi connectivity index (χ1n) is 7.27. The van der Waals surface area contributed by atoms with Gasteiger partial charge in [-0.05, 0) is 18.6 Å². The highest BCUT2D eigenvalue weighted by Crippen LogP contribution is 2.25. The molecule has 1 aromatic rings. The maximum Gasteiger partial charge on any atom is 0.292 e. The summed E-state index contributed by atoms with van der Waals surface area (Å²) in [5, 5.41) is 3.67. The quantitative estimate of drug-likeness (QED) is 0.790. The standard InChI is InChI=1S/C14H21N3O4/c1-16-5-6-20-12-9-17(4-3-10(12)8-16)14(18)11-7-13(19-2)15-21-11/h7,10,12H,3-6,8-9H2,1-2H3/t10-,12-/m1/s1. The third-order valence-corrected chi connectivity index (χ3v) is 4.24. The van der Waals surface area contributed by atoms with Gasteiger partial charge in [-0.25, -0.2) is 0 Å². The van der Waals surface area contributed by atoms with Crippen molar-refractivity contribution in [2.45, 2.75) is 12.5 Å². The molecule has 0 bridgehead atoms. The largest absolute Gasteiger partial charge is 0.479 e. The second kappa shape index (κ2) is 6.03. The van der Waals surface area contributed by atoms with Crippen molar-refractivity contribution in [3.63, 3.8) is 0 Å². The Labute approximate surface area is 123 Å². The van der Waals surface area contributed by atoms with E-state index in [-0.39, 0.29) is 17.8 Å². The van der Waals surface area contributed by atoms with Crippen LogP contribution in [-0.4, -0.2) is 73.9 Å². The topological polar surface area (TPSA) is 68.0 Å². The molecule has 1 amide bonds. The van der Waals surface area contributed by atoms with Crippen LogP contribution in [0.3, 0.4) is 0 Å². The van der Waals surface area contributed by atoms with Crippen molar-refractivity contribution in [1.29, 1.82) is 0 Å². The van der Waals surface area contributed by atoms with E-state index < -0.39 is 0 Å². The summed E-state index contributed by atoms with van der Waals surface area (Å²) in [5.74, 6) is 0.882. The minimum Gasteiger partial charge on any atom is -0.479 e. The van der Waals surface area contributed by atoms with E-state index in [1.165, 1.54) is 13.2 Å². The fourth-order valence-electron chi connectivity index (χ4n) is 3.01. The van der Waals surface area contributed by atoms with E-state index in [0.29, 0.717) is 18.3 Å². The van der Waals surface area contributed by atoms with Crippen LogP contribution in [0.4, 0.5) is 0 Å². The van der Waals surface area contributed by atoms with Crippen LogP contribution in [0.5, 0.6) is 5.88 Å². The Balaban J connectivity index is 1.66. The minimum atomic E-state index is -0.148. The van der Waals surface area contributed by atoms with Gasteiger partial charge in [-0.15, -0.1) is 0 Å². The number of likely N-dealkylation sites (tertiary alicyclic amines) is 1. The lowest BCUT2D eigenvalue weighted by Crippen LogP contribution is -2.48. The summed E-state index contributed by atoms with van der Waals surface area (Å²) in [5.41, 5.74) is 0. The zero-order valence-corrected chi connectivity index (χ0v) is 12.4. The predicted molar refractivity (Wildman–Crippen MR) is 74.3 cm³/mol. The molecule has 7 nitrogen and oxygen atoms in total. The number of hydrogen-bond donors (Lipinski definition) is 0. The molecule has 2 fully saturated rings. The van der Waals surface area contributed by atoms with Crippen molar-refractivity contribution in [3.05, 3.63) is 11.8 Å². The monoisotopic (exact) mass is 295 g/mol. The van der Waals surface area contributed by atoms with Crippen molar-refractivity contribution in [2.75, 3.05) is 46.9 Å². The smallest absolute Gasteiger partial charge is 0.292 e. The van der Waals surface area contributed by atoms with Crippen molar-refractivity contribution in [2.24, 2.45) is 5.92 Å². The molecule has 0 radical (unpaired) electrons. The first-order valence-corrected chi connectivity index (χ1v) is 7.27. The lowest BCUT2D eigenvalue weighted by Gasteiger charge is -2.37.